The van der Waals surface area contributed by atoms with Gasteiger partial charge in [-0.3, -0.25) is 0 Å². The van der Waals surface area contributed by atoms with Gasteiger partial charge in [0.25, 0.3) is 0 Å². The molecule has 0 aromatic rings. The first-order valence-electron chi connectivity index (χ1n) is 3.79. The maximum atomic E-state index is 10.9. The summed E-state index contributed by atoms with van der Waals surface area (Å²) >= 11 is 3.88. The Morgan fingerprint density at radius 3 is 2.67 bits per heavy atom. The molecule has 3 nitrogen and oxygen atoms in total. The van der Waals surface area contributed by atoms with Crippen LogP contribution in [0.3, 0.4) is 0 Å². The lowest BCUT2D eigenvalue weighted by Crippen LogP contribution is -2.09. The summed E-state index contributed by atoms with van der Waals surface area (Å²) in [5.74, 6) is -0.0818. The zero-order valence-corrected chi connectivity index (χ0v) is 7.85. The molecule has 0 aliphatic heterocycles. The highest BCUT2D eigenvalue weighted by Crippen LogP contribution is 1.98. The fraction of sp³-hybridized carbons (Fsp3) is 0.625. The van der Waals surface area contributed by atoms with Crippen LogP contribution < -0.4 is 0 Å². The van der Waals surface area contributed by atoms with Crippen molar-refractivity contribution in [1.82, 2.24) is 0 Å². The second-order valence-corrected chi connectivity index (χ2v) is 2.64. The molecule has 0 radical (unpaired) electrons. The fourth-order valence-corrected chi connectivity index (χ4v) is 0.674. The van der Waals surface area contributed by atoms with Gasteiger partial charge in [0.2, 0.25) is 0 Å². The maximum Gasteiger partial charge on any atom is 0.334 e. The number of rotatable bonds is 6. The molecule has 1 N–H and O–H groups in total. The highest BCUT2D eigenvalue weighted by atomic mass is 32.1. The van der Waals surface area contributed by atoms with Gasteiger partial charge in [-0.25, -0.2) is 4.79 Å². The Morgan fingerprint density at radius 2 is 2.17 bits per heavy atom. The quantitative estimate of drug-likeness (QED) is 0.282. The smallest absolute Gasteiger partial charge is 0.334 e. The topological polar surface area (TPSA) is 46.5 Å². The molecule has 0 amide bonds. The van der Waals surface area contributed by atoms with E-state index in [1.165, 1.54) is 0 Å². The molecule has 0 heterocycles. The van der Waals surface area contributed by atoms with Gasteiger partial charge in [0.1, 0.15) is 0 Å². The number of ether oxygens (including phenoxy) is 1. The number of carbonyl (C=O) groups excluding carboxylic acids is 1. The summed E-state index contributed by atoms with van der Waals surface area (Å²) in [6.07, 6.45) is 1.34. The van der Waals surface area contributed by atoms with Crippen molar-refractivity contribution in [3.05, 3.63) is 12.2 Å². The summed E-state index contributed by atoms with van der Waals surface area (Å²) in [6, 6.07) is 0. The molecule has 70 valence electrons. The van der Waals surface area contributed by atoms with E-state index in [0.717, 1.165) is 0 Å². The first-order valence-corrected chi connectivity index (χ1v) is 4.42. The van der Waals surface area contributed by atoms with Crippen molar-refractivity contribution >= 4 is 18.6 Å². The molecule has 0 spiro atoms. The summed E-state index contributed by atoms with van der Waals surface area (Å²) < 4.78 is 4.80. The monoisotopic (exact) mass is 190 g/mol. The van der Waals surface area contributed by atoms with Crippen LogP contribution in [0.5, 0.6) is 0 Å². The Balaban J connectivity index is 3.38. The fourth-order valence-electron chi connectivity index (χ4n) is 0.545. The second-order valence-electron chi connectivity index (χ2n) is 2.33. The molecule has 4 heteroatoms. The third kappa shape index (κ3) is 5.21. The van der Waals surface area contributed by atoms with Gasteiger partial charge in [0.15, 0.2) is 0 Å². The molecule has 0 aliphatic carbocycles. The third-order valence-electron chi connectivity index (χ3n) is 1.27. The number of aliphatic hydroxyl groups is 1. The summed E-state index contributed by atoms with van der Waals surface area (Å²) in [6.45, 7) is 3.94. The van der Waals surface area contributed by atoms with Crippen LogP contribution in [0.15, 0.2) is 12.2 Å². The van der Waals surface area contributed by atoms with Gasteiger partial charge in [0.05, 0.1) is 6.61 Å². The van der Waals surface area contributed by atoms with Gasteiger partial charge < -0.3 is 9.84 Å². The largest absolute Gasteiger partial charge is 0.462 e. The Bertz CT molecular complexity index is 156. The number of hydrogen-bond donors (Lipinski definition) is 2. The highest BCUT2D eigenvalue weighted by molar-refractivity contribution is 7.80. The number of aliphatic hydroxyl groups excluding tert-OH is 1. The average molecular weight is 190 g/mol. The third-order valence-corrected chi connectivity index (χ3v) is 1.65. The van der Waals surface area contributed by atoms with Crippen molar-refractivity contribution in [2.24, 2.45) is 0 Å². The van der Waals surface area contributed by atoms with Crippen molar-refractivity contribution < 1.29 is 14.6 Å². The van der Waals surface area contributed by atoms with Crippen LogP contribution in [0.2, 0.25) is 0 Å². The summed E-state index contributed by atoms with van der Waals surface area (Å²) in [7, 11) is 0. The molecule has 0 rings (SSSR count). The van der Waals surface area contributed by atoms with E-state index in [4.69, 9.17) is 9.84 Å². The molecule has 0 bridgehead atoms. The van der Waals surface area contributed by atoms with E-state index < -0.39 is 5.97 Å². The average Bonchev–Trinajstić information content (AvgIpc) is 2.10. The molecular weight excluding hydrogens is 176 g/mol. The molecule has 0 aliphatic rings. The minimum Gasteiger partial charge on any atom is -0.462 e. The van der Waals surface area contributed by atoms with Crippen LogP contribution >= 0.6 is 12.6 Å². The van der Waals surface area contributed by atoms with Crippen molar-refractivity contribution in [1.29, 1.82) is 0 Å². The molecule has 0 fully saturated rings. The molecule has 0 aromatic carbocycles. The Hall–Kier alpha value is -0.480. The van der Waals surface area contributed by atoms with E-state index in [-0.39, 0.29) is 6.61 Å². The minimum absolute atomic E-state index is 0.130. The lowest BCUT2D eigenvalue weighted by atomic mass is 10.3. The van der Waals surface area contributed by atoms with E-state index in [1.807, 2.05) is 0 Å². The lowest BCUT2D eigenvalue weighted by Gasteiger charge is -2.03. The van der Waals surface area contributed by atoms with Crippen molar-refractivity contribution in [2.75, 3.05) is 19.0 Å². The van der Waals surface area contributed by atoms with Gasteiger partial charge >= 0.3 is 5.97 Å². The number of hydrogen-bond acceptors (Lipinski definition) is 4. The summed E-state index contributed by atoms with van der Waals surface area (Å²) in [4.78, 5) is 10.9. The van der Waals surface area contributed by atoms with Crippen LogP contribution in [0.1, 0.15) is 12.8 Å². The number of unbranched alkanes of at least 4 members (excludes halogenated alkanes) is 1. The van der Waals surface area contributed by atoms with Crippen LogP contribution in [-0.4, -0.2) is 30.0 Å². The highest BCUT2D eigenvalue weighted by Gasteiger charge is 2.04. The maximum absolute atomic E-state index is 10.9. The van der Waals surface area contributed by atoms with Crippen LogP contribution in [0.4, 0.5) is 0 Å². The second kappa shape index (κ2) is 7.18. The zero-order valence-electron chi connectivity index (χ0n) is 6.95. The van der Waals surface area contributed by atoms with E-state index in [1.54, 1.807) is 0 Å². The summed E-state index contributed by atoms with van der Waals surface area (Å²) in [5, 5.41) is 8.42. The van der Waals surface area contributed by atoms with Gasteiger partial charge in [-0.05, 0) is 12.8 Å². The SMILES string of the molecule is C=C(CS)C(=O)OCCCCO. The number of carbonyl (C=O) groups is 1. The van der Waals surface area contributed by atoms with Crippen LogP contribution in [-0.2, 0) is 9.53 Å². The summed E-state index contributed by atoms with van der Waals surface area (Å²) in [5.41, 5.74) is 0.363. The van der Waals surface area contributed by atoms with Crippen LogP contribution in [0, 0.1) is 0 Å². The molecule has 0 saturated heterocycles. The first kappa shape index (κ1) is 11.5. The standard InChI is InChI=1S/C8H14O3S/c1-7(6-12)8(10)11-5-3-2-4-9/h9,12H,1-6H2. The van der Waals surface area contributed by atoms with E-state index in [9.17, 15) is 4.79 Å². The molecule has 0 atom stereocenters. The Labute approximate surface area is 77.8 Å². The van der Waals surface area contributed by atoms with E-state index in [2.05, 4.69) is 19.2 Å². The van der Waals surface area contributed by atoms with E-state index >= 15 is 0 Å². The minimum atomic E-state index is -0.400. The Morgan fingerprint density at radius 1 is 1.50 bits per heavy atom. The lowest BCUT2D eigenvalue weighted by molar-refractivity contribution is -0.139. The normalized spacial score (nSPS) is 9.50. The predicted molar refractivity (Wildman–Crippen MR) is 50.3 cm³/mol. The first-order chi connectivity index (χ1) is 5.72. The number of thiol groups is 1. The van der Waals surface area contributed by atoms with Crippen LogP contribution in [0.25, 0.3) is 0 Å². The van der Waals surface area contributed by atoms with E-state index in [0.29, 0.717) is 30.8 Å². The molecular formula is C8H14O3S. The number of esters is 1. The van der Waals surface area contributed by atoms with Gasteiger partial charge in [-0.15, -0.1) is 0 Å². The van der Waals surface area contributed by atoms with Gasteiger partial charge in [0, 0.05) is 17.9 Å². The van der Waals surface area contributed by atoms with Gasteiger partial charge in [-0.1, -0.05) is 6.58 Å². The van der Waals surface area contributed by atoms with Crippen molar-refractivity contribution in [3.8, 4) is 0 Å². The molecule has 12 heavy (non-hydrogen) atoms. The molecule has 0 unspecified atom stereocenters. The van der Waals surface area contributed by atoms with Gasteiger partial charge in [-0.2, -0.15) is 12.6 Å². The molecule has 0 aromatic heterocycles. The Kier molecular flexibility index (Phi) is 6.90. The predicted octanol–water partition coefficient (Wildman–Crippen LogP) is 0.788. The van der Waals surface area contributed by atoms with Crippen molar-refractivity contribution in [3.63, 3.8) is 0 Å². The van der Waals surface area contributed by atoms with Crippen molar-refractivity contribution in [2.45, 2.75) is 12.8 Å². The zero-order chi connectivity index (χ0) is 9.40. The molecule has 0 saturated carbocycles.